The van der Waals surface area contributed by atoms with Crippen molar-refractivity contribution in [2.75, 3.05) is 31.6 Å². The van der Waals surface area contributed by atoms with Crippen LogP contribution in [0.25, 0.3) is 0 Å². The maximum Gasteiger partial charge on any atom is 0.130 e. The van der Waals surface area contributed by atoms with E-state index in [0.29, 0.717) is 5.92 Å². The van der Waals surface area contributed by atoms with Crippen molar-refractivity contribution >= 4 is 47.9 Å². The molecule has 1 saturated carbocycles. The first-order valence-electron chi connectivity index (χ1n) is 8.59. The van der Waals surface area contributed by atoms with Crippen LogP contribution in [-0.2, 0) is 11.3 Å². The summed E-state index contributed by atoms with van der Waals surface area (Å²) in [5.74, 6) is 1.59. The molecule has 4 nitrogen and oxygen atoms in total. The summed E-state index contributed by atoms with van der Waals surface area (Å²) in [6.07, 6.45) is 4.61. The average Bonchev–Trinajstić information content (AvgIpc) is 3.42. The molecule has 0 atom stereocenters. The van der Waals surface area contributed by atoms with Gasteiger partial charge >= 0.3 is 0 Å². The van der Waals surface area contributed by atoms with Gasteiger partial charge in [0, 0.05) is 36.5 Å². The van der Waals surface area contributed by atoms with E-state index in [0.717, 1.165) is 49.4 Å². The monoisotopic (exact) mass is 415 g/mol. The summed E-state index contributed by atoms with van der Waals surface area (Å²) in [5.41, 5.74) is 3.77. The molecule has 0 bridgehead atoms. The second-order valence-corrected chi connectivity index (χ2v) is 7.00. The van der Waals surface area contributed by atoms with Crippen molar-refractivity contribution in [2.45, 2.75) is 25.3 Å². The first-order chi connectivity index (χ1) is 11.8. The Labute approximate surface area is 172 Å². The molecule has 4 rings (SSSR count). The van der Waals surface area contributed by atoms with Gasteiger partial charge in [-0.05, 0) is 54.2 Å². The number of anilines is 2. The molecule has 2 heterocycles. The first kappa shape index (κ1) is 21.3. The number of nitrogens with one attached hydrogen (secondary N) is 1. The van der Waals surface area contributed by atoms with Gasteiger partial charge in [0.15, 0.2) is 0 Å². The zero-order chi connectivity index (χ0) is 16.4. The van der Waals surface area contributed by atoms with Crippen molar-refractivity contribution in [3.8, 4) is 0 Å². The molecule has 0 radical (unpaired) electrons. The van der Waals surface area contributed by atoms with E-state index < -0.39 is 0 Å². The Kier molecular flexibility index (Phi) is 7.99. The molecule has 1 saturated heterocycles. The quantitative estimate of drug-likeness (QED) is 0.741. The van der Waals surface area contributed by atoms with Crippen LogP contribution in [0.2, 0.25) is 5.02 Å². The molecule has 0 spiro atoms. The SMILES string of the molecule is Cl.Cl.Clc1cccc(Nc2cc(C3CC3)c(CN3CCOCC3)cn2)c1. The Balaban J connectivity index is 0.00000121. The summed E-state index contributed by atoms with van der Waals surface area (Å²) in [5, 5.41) is 4.10. The summed E-state index contributed by atoms with van der Waals surface area (Å²) in [6.45, 7) is 4.65. The largest absolute Gasteiger partial charge is 0.379 e. The highest BCUT2D eigenvalue weighted by Gasteiger charge is 2.27. The third-order valence-electron chi connectivity index (χ3n) is 4.63. The van der Waals surface area contributed by atoms with E-state index in [1.54, 1.807) is 0 Å². The number of aromatic nitrogens is 1. The molecule has 1 N–H and O–H groups in total. The maximum absolute atomic E-state index is 6.06. The third kappa shape index (κ3) is 5.48. The molecule has 1 aromatic heterocycles. The smallest absolute Gasteiger partial charge is 0.130 e. The number of benzene rings is 1. The average molecular weight is 417 g/mol. The second-order valence-electron chi connectivity index (χ2n) is 6.57. The predicted molar refractivity (Wildman–Crippen MR) is 112 cm³/mol. The van der Waals surface area contributed by atoms with E-state index in [9.17, 15) is 0 Å². The highest BCUT2D eigenvalue weighted by Crippen LogP contribution is 2.42. The minimum atomic E-state index is 0. The van der Waals surface area contributed by atoms with E-state index in [4.69, 9.17) is 16.3 Å². The Hall–Kier alpha value is -1.04. The van der Waals surface area contributed by atoms with Crippen molar-refractivity contribution in [3.63, 3.8) is 0 Å². The zero-order valence-electron chi connectivity index (χ0n) is 14.5. The van der Waals surface area contributed by atoms with Crippen LogP contribution < -0.4 is 5.32 Å². The molecule has 1 aliphatic heterocycles. The van der Waals surface area contributed by atoms with Gasteiger partial charge in [-0.3, -0.25) is 4.90 Å². The molecule has 2 aromatic rings. The Morgan fingerprint density at radius 3 is 2.62 bits per heavy atom. The van der Waals surface area contributed by atoms with Crippen LogP contribution in [-0.4, -0.2) is 36.2 Å². The number of hydrogen-bond donors (Lipinski definition) is 1. The summed E-state index contributed by atoms with van der Waals surface area (Å²) in [6, 6.07) is 9.96. The van der Waals surface area contributed by atoms with E-state index in [1.807, 2.05) is 30.5 Å². The van der Waals surface area contributed by atoms with Gasteiger partial charge in [-0.2, -0.15) is 0 Å². The lowest BCUT2D eigenvalue weighted by Gasteiger charge is -2.27. The number of hydrogen-bond acceptors (Lipinski definition) is 4. The summed E-state index contributed by atoms with van der Waals surface area (Å²) >= 11 is 6.06. The molecule has 142 valence electrons. The van der Waals surface area contributed by atoms with Crippen LogP contribution in [0.5, 0.6) is 0 Å². The number of morpholine rings is 1. The number of nitrogens with zero attached hydrogens (tertiary/aromatic N) is 2. The van der Waals surface area contributed by atoms with Gasteiger partial charge in [0.2, 0.25) is 0 Å². The van der Waals surface area contributed by atoms with Gasteiger partial charge in [-0.1, -0.05) is 17.7 Å². The van der Waals surface area contributed by atoms with Crippen LogP contribution in [0, 0.1) is 0 Å². The number of rotatable bonds is 5. The molecule has 0 unspecified atom stereocenters. The number of halogens is 3. The Morgan fingerprint density at radius 2 is 1.92 bits per heavy atom. The summed E-state index contributed by atoms with van der Waals surface area (Å²) < 4.78 is 5.44. The van der Waals surface area contributed by atoms with Crippen LogP contribution in [0.1, 0.15) is 29.9 Å². The van der Waals surface area contributed by atoms with Crippen LogP contribution in [0.3, 0.4) is 0 Å². The molecule has 26 heavy (non-hydrogen) atoms. The summed E-state index contributed by atoms with van der Waals surface area (Å²) in [4.78, 5) is 7.08. The molecule has 2 aliphatic rings. The molecule has 1 aliphatic carbocycles. The number of ether oxygens (including phenoxy) is 1. The Morgan fingerprint density at radius 1 is 1.15 bits per heavy atom. The molecular formula is C19H24Cl3N3O. The van der Waals surface area contributed by atoms with Crippen molar-refractivity contribution < 1.29 is 4.74 Å². The minimum absolute atomic E-state index is 0. The van der Waals surface area contributed by atoms with Crippen molar-refractivity contribution in [1.29, 1.82) is 0 Å². The fourth-order valence-corrected chi connectivity index (χ4v) is 3.38. The molecule has 1 aromatic carbocycles. The highest BCUT2D eigenvalue weighted by atomic mass is 35.5. The number of pyridine rings is 1. The lowest BCUT2D eigenvalue weighted by atomic mass is 10.0. The van der Waals surface area contributed by atoms with E-state index in [2.05, 4.69) is 21.3 Å². The van der Waals surface area contributed by atoms with Gasteiger partial charge in [-0.25, -0.2) is 4.98 Å². The standard InChI is InChI=1S/C19H22ClN3O.2ClH/c20-16-2-1-3-17(10-16)22-19-11-18(14-4-5-14)15(12-21-19)13-23-6-8-24-9-7-23;;/h1-3,10-12,14H,4-9,13H2,(H,21,22);2*1H. The van der Waals surface area contributed by atoms with Gasteiger partial charge < -0.3 is 10.1 Å². The van der Waals surface area contributed by atoms with E-state index >= 15 is 0 Å². The van der Waals surface area contributed by atoms with Crippen molar-refractivity contribution in [1.82, 2.24) is 9.88 Å². The maximum atomic E-state index is 6.06. The van der Waals surface area contributed by atoms with Crippen LogP contribution >= 0.6 is 36.4 Å². The minimum Gasteiger partial charge on any atom is -0.379 e. The van der Waals surface area contributed by atoms with Gasteiger partial charge in [-0.15, -0.1) is 24.8 Å². The van der Waals surface area contributed by atoms with Crippen LogP contribution in [0.4, 0.5) is 11.5 Å². The molecular weight excluding hydrogens is 393 g/mol. The van der Waals surface area contributed by atoms with Crippen molar-refractivity contribution in [2.24, 2.45) is 0 Å². The Bertz CT molecular complexity index is 719. The highest BCUT2D eigenvalue weighted by molar-refractivity contribution is 6.30. The van der Waals surface area contributed by atoms with E-state index in [1.165, 1.54) is 24.0 Å². The molecule has 7 heteroatoms. The predicted octanol–water partition coefficient (Wildman–Crippen LogP) is 5.03. The van der Waals surface area contributed by atoms with Crippen LogP contribution in [0.15, 0.2) is 36.5 Å². The third-order valence-corrected chi connectivity index (χ3v) is 4.87. The molecule has 2 fully saturated rings. The topological polar surface area (TPSA) is 37.4 Å². The summed E-state index contributed by atoms with van der Waals surface area (Å²) in [7, 11) is 0. The van der Waals surface area contributed by atoms with Gasteiger partial charge in [0.1, 0.15) is 5.82 Å². The molecule has 0 amide bonds. The van der Waals surface area contributed by atoms with Gasteiger partial charge in [0.25, 0.3) is 0 Å². The van der Waals surface area contributed by atoms with E-state index in [-0.39, 0.29) is 24.8 Å². The second kappa shape index (κ2) is 9.77. The van der Waals surface area contributed by atoms with Gasteiger partial charge in [0.05, 0.1) is 13.2 Å². The normalized spacial score (nSPS) is 17.1. The lowest BCUT2D eigenvalue weighted by Crippen LogP contribution is -2.35. The van der Waals surface area contributed by atoms with Crippen molar-refractivity contribution in [3.05, 3.63) is 52.7 Å². The fourth-order valence-electron chi connectivity index (χ4n) is 3.19. The lowest BCUT2D eigenvalue weighted by molar-refractivity contribution is 0.0340. The zero-order valence-corrected chi connectivity index (χ0v) is 16.9. The fraction of sp³-hybridized carbons (Fsp3) is 0.421. The first-order valence-corrected chi connectivity index (χ1v) is 8.97.